The van der Waals surface area contributed by atoms with Crippen molar-refractivity contribution in [2.45, 2.75) is 18.2 Å². The van der Waals surface area contributed by atoms with Gasteiger partial charge in [0, 0.05) is 24.2 Å². The highest BCUT2D eigenvalue weighted by Gasteiger charge is 2.62. The molecule has 2 aliphatic carbocycles. The van der Waals surface area contributed by atoms with Crippen molar-refractivity contribution in [1.82, 2.24) is 16.1 Å². The van der Waals surface area contributed by atoms with Crippen LogP contribution in [0.4, 0.5) is 0 Å². The molecule has 0 spiro atoms. The van der Waals surface area contributed by atoms with E-state index in [0.29, 0.717) is 35.4 Å². The number of nitrogens with zero attached hydrogens (tertiary/aromatic N) is 2. The molecule has 1 aromatic rings. The van der Waals surface area contributed by atoms with Gasteiger partial charge in [0.2, 0.25) is 0 Å². The minimum atomic E-state index is 0. The Kier molecular flexibility index (Phi) is 2.95. The summed E-state index contributed by atoms with van der Waals surface area (Å²) in [6.07, 6.45) is 4.86. The van der Waals surface area contributed by atoms with Gasteiger partial charge in [0.1, 0.15) is 0 Å². The van der Waals surface area contributed by atoms with Crippen LogP contribution in [-0.2, 0) is 0 Å². The number of ketones is 1. The Bertz CT molecular complexity index is 397. The van der Waals surface area contributed by atoms with Crippen LogP contribution in [0.2, 0.25) is 0 Å². The van der Waals surface area contributed by atoms with Crippen LogP contribution in [0.25, 0.3) is 0 Å². The van der Waals surface area contributed by atoms with E-state index >= 15 is 0 Å². The van der Waals surface area contributed by atoms with E-state index in [-0.39, 0.29) is 11.9 Å². The summed E-state index contributed by atoms with van der Waals surface area (Å²) in [5.41, 5.74) is 0. The maximum Gasteiger partial charge on any atom is 0.200 e. The van der Waals surface area contributed by atoms with Gasteiger partial charge in [0.25, 0.3) is 0 Å². The first-order valence-electron chi connectivity index (χ1n) is 5.21. The molecule has 1 aromatic heterocycles. The summed E-state index contributed by atoms with van der Waals surface area (Å²) < 4.78 is 0. The molecule has 3 N–H and O–H groups in total. The molecule has 2 saturated carbocycles. The zero-order chi connectivity index (χ0) is 10.4. The van der Waals surface area contributed by atoms with Crippen molar-refractivity contribution in [2.24, 2.45) is 17.8 Å². The number of aromatic nitrogens is 2. The molecule has 16 heavy (non-hydrogen) atoms. The Morgan fingerprint density at radius 2 is 2.12 bits per heavy atom. The summed E-state index contributed by atoms with van der Waals surface area (Å²) in [6.45, 7) is 0. The van der Waals surface area contributed by atoms with E-state index in [1.807, 2.05) is 0 Å². The van der Waals surface area contributed by atoms with Crippen LogP contribution in [0.15, 0.2) is 18.5 Å². The maximum absolute atomic E-state index is 11.8. The average Bonchev–Trinajstić information content (AvgIpc) is 2.83. The Morgan fingerprint density at radius 1 is 1.44 bits per heavy atom. The lowest BCUT2D eigenvalue weighted by Gasteiger charge is -2.15. The Labute approximate surface area is 99.0 Å². The molecule has 5 heteroatoms. The SMILES string of the molecule is N.O=C(CC1C2CC(Cl)C12)c1ncccn1. The third-order valence-electron chi connectivity index (χ3n) is 3.55. The van der Waals surface area contributed by atoms with Gasteiger partial charge in [-0.2, -0.15) is 0 Å². The largest absolute Gasteiger partial charge is 0.344 e. The average molecular weight is 240 g/mol. The lowest BCUT2D eigenvalue weighted by atomic mass is 10.0. The highest BCUT2D eigenvalue weighted by atomic mass is 35.5. The first kappa shape index (κ1) is 11.5. The van der Waals surface area contributed by atoms with Gasteiger partial charge in [-0.15, -0.1) is 11.6 Å². The molecule has 1 heterocycles. The molecule has 4 unspecified atom stereocenters. The predicted molar refractivity (Wildman–Crippen MR) is 60.7 cm³/mol. The lowest BCUT2D eigenvalue weighted by molar-refractivity contribution is 0.0963. The lowest BCUT2D eigenvalue weighted by Crippen LogP contribution is -2.14. The normalized spacial score (nSPS) is 34.3. The number of fused-ring (bicyclic) bond motifs is 1. The fourth-order valence-corrected chi connectivity index (χ4v) is 3.18. The molecular weight excluding hydrogens is 226 g/mol. The van der Waals surface area contributed by atoms with E-state index in [1.54, 1.807) is 18.5 Å². The van der Waals surface area contributed by atoms with E-state index in [4.69, 9.17) is 11.6 Å². The van der Waals surface area contributed by atoms with E-state index < -0.39 is 0 Å². The van der Waals surface area contributed by atoms with Gasteiger partial charge in [-0.05, 0) is 30.2 Å². The van der Waals surface area contributed by atoms with Crippen molar-refractivity contribution < 1.29 is 4.79 Å². The van der Waals surface area contributed by atoms with Crippen molar-refractivity contribution in [1.29, 1.82) is 0 Å². The number of carbonyl (C=O) groups excluding carboxylic acids is 1. The topological polar surface area (TPSA) is 77.9 Å². The summed E-state index contributed by atoms with van der Waals surface area (Å²) in [5.74, 6) is 2.21. The summed E-state index contributed by atoms with van der Waals surface area (Å²) in [5, 5.41) is 0.310. The zero-order valence-electron chi connectivity index (χ0n) is 8.84. The molecule has 3 rings (SSSR count). The number of hydrogen-bond acceptors (Lipinski definition) is 4. The van der Waals surface area contributed by atoms with Crippen molar-refractivity contribution >= 4 is 17.4 Å². The fourth-order valence-electron chi connectivity index (χ4n) is 2.60. The predicted octanol–water partition coefficient (Wildman–Crippen LogP) is 2.08. The number of carbonyl (C=O) groups is 1. The molecule has 86 valence electrons. The highest BCUT2D eigenvalue weighted by molar-refractivity contribution is 6.21. The van der Waals surface area contributed by atoms with Crippen molar-refractivity contribution in [2.75, 3.05) is 0 Å². The van der Waals surface area contributed by atoms with E-state index in [0.717, 1.165) is 6.42 Å². The maximum atomic E-state index is 11.8. The third kappa shape index (κ3) is 1.72. The van der Waals surface area contributed by atoms with Crippen LogP contribution in [0.3, 0.4) is 0 Å². The summed E-state index contributed by atoms with van der Waals surface area (Å²) in [4.78, 5) is 19.7. The molecule has 2 aliphatic rings. The molecule has 4 atom stereocenters. The Hall–Kier alpha value is -1.00. The molecule has 4 nitrogen and oxygen atoms in total. The summed E-state index contributed by atoms with van der Waals surface area (Å²) in [7, 11) is 0. The van der Waals surface area contributed by atoms with Crippen molar-refractivity contribution in [3.8, 4) is 0 Å². The first-order valence-corrected chi connectivity index (χ1v) is 5.65. The minimum absolute atomic E-state index is 0. The van der Waals surface area contributed by atoms with E-state index in [9.17, 15) is 4.79 Å². The standard InChI is InChI=1S/C11H11ClN2O.H3N/c12-8-4-6-7(10(6)8)5-9(15)11-13-2-1-3-14-11;/h1-3,6-8,10H,4-5H2;1H3. The molecule has 0 radical (unpaired) electrons. The highest BCUT2D eigenvalue weighted by Crippen LogP contribution is 2.64. The van der Waals surface area contributed by atoms with Gasteiger partial charge in [-0.25, -0.2) is 9.97 Å². The Balaban J connectivity index is 0.000000963. The molecular formula is C11H14ClN3O. The number of rotatable bonds is 3. The quantitative estimate of drug-likeness (QED) is 0.647. The van der Waals surface area contributed by atoms with Gasteiger partial charge < -0.3 is 6.15 Å². The third-order valence-corrected chi connectivity index (χ3v) is 4.02. The number of halogens is 1. The Morgan fingerprint density at radius 3 is 2.62 bits per heavy atom. The molecule has 0 bridgehead atoms. The van der Waals surface area contributed by atoms with E-state index in [2.05, 4.69) is 9.97 Å². The van der Waals surface area contributed by atoms with Crippen LogP contribution < -0.4 is 6.15 Å². The fraction of sp³-hybridized carbons (Fsp3) is 0.545. The second-order valence-corrected chi connectivity index (χ2v) is 4.92. The van der Waals surface area contributed by atoms with Crippen LogP contribution >= 0.6 is 11.6 Å². The second-order valence-electron chi connectivity index (χ2n) is 4.36. The van der Waals surface area contributed by atoms with Crippen molar-refractivity contribution in [3.63, 3.8) is 0 Å². The van der Waals surface area contributed by atoms with Gasteiger partial charge in [-0.3, -0.25) is 4.79 Å². The number of alkyl halides is 1. The summed E-state index contributed by atoms with van der Waals surface area (Å²) in [6, 6.07) is 1.71. The number of Topliss-reactive ketones (excluding diaryl/α,β-unsaturated/α-hetero) is 1. The van der Waals surface area contributed by atoms with Crippen LogP contribution in [0, 0.1) is 17.8 Å². The minimum Gasteiger partial charge on any atom is -0.344 e. The number of hydrogen-bond donors (Lipinski definition) is 1. The zero-order valence-corrected chi connectivity index (χ0v) is 9.60. The van der Waals surface area contributed by atoms with Crippen LogP contribution in [0.5, 0.6) is 0 Å². The summed E-state index contributed by atoms with van der Waals surface area (Å²) >= 11 is 6.02. The monoisotopic (exact) mass is 239 g/mol. The van der Waals surface area contributed by atoms with Crippen LogP contribution in [-0.4, -0.2) is 21.1 Å². The van der Waals surface area contributed by atoms with Gasteiger partial charge in [0.05, 0.1) is 0 Å². The van der Waals surface area contributed by atoms with Crippen molar-refractivity contribution in [3.05, 3.63) is 24.3 Å². The first-order chi connectivity index (χ1) is 7.27. The van der Waals surface area contributed by atoms with Gasteiger partial charge in [0.15, 0.2) is 11.6 Å². The molecule has 0 aliphatic heterocycles. The second kappa shape index (κ2) is 4.11. The molecule has 0 saturated heterocycles. The molecule has 0 aromatic carbocycles. The molecule has 2 fully saturated rings. The van der Waals surface area contributed by atoms with E-state index in [1.165, 1.54) is 0 Å². The van der Waals surface area contributed by atoms with Crippen LogP contribution in [0.1, 0.15) is 23.5 Å². The molecule has 0 amide bonds. The van der Waals surface area contributed by atoms with Gasteiger partial charge >= 0.3 is 0 Å². The smallest absolute Gasteiger partial charge is 0.200 e. The van der Waals surface area contributed by atoms with Gasteiger partial charge in [-0.1, -0.05) is 0 Å².